The maximum atomic E-state index is 12.4. The van der Waals surface area contributed by atoms with Gasteiger partial charge in [0.05, 0.1) is 15.6 Å². The Kier molecular flexibility index (Phi) is 7.88. The summed E-state index contributed by atoms with van der Waals surface area (Å²) >= 11 is 5.91. The van der Waals surface area contributed by atoms with Crippen molar-refractivity contribution in [2.45, 2.75) is 19.9 Å². The number of carbonyl (C=O) groups excluding carboxylic acids is 3. The molecule has 0 saturated carbocycles. The molecular weight excluding hydrogens is 414 g/mol. The number of benzene rings is 2. The summed E-state index contributed by atoms with van der Waals surface area (Å²) in [6.45, 7) is 2.85. The van der Waals surface area contributed by atoms with Crippen LogP contribution in [0.2, 0.25) is 5.02 Å². The molecule has 2 N–H and O–H groups in total. The number of nitrogens with one attached hydrogen (secondary N) is 2. The molecule has 2 aromatic carbocycles. The number of ether oxygens (including phenoxy) is 1. The van der Waals surface area contributed by atoms with Gasteiger partial charge in [0.25, 0.3) is 17.5 Å². The number of non-ortho nitro benzene ring substituents is 1. The number of amides is 2. The van der Waals surface area contributed by atoms with Crippen LogP contribution >= 0.6 is 11.6 Å². The van der Waals surface area contributed by atoms with Crippen molar-refractivity contribution in [1.29, 1.82) is 0 Å². The molecule has 1 atom stereocenters. The zero-order chi connectivity index (χ0) is 22.3. The van der Waals surface area contributed by atoms with Crippen molar-refractivity contribution in [3.63, 3.8) is 0 Å². The van der Waals surface area contributed by atoms with E-state index in [0.29, 0.717) is 5.56 Å². The number of rotatable bonds is 8. The highest BCUT2D eigenvalue weighted by molar-refractivity contribution is 6.34. The first kappa shape index (κ1) is 22.8. The van der Waals surface area contributed by atoms with Crippen molar-refractivity contribution < 1.29 is 24.0 Å². The van der Waals surface area contributed by atoms with Gasteiger partial charge in [0.1, 0.15) is 6.04 Å². The number of carbonyl (C=O) groups is 3. The van der Waals surface area contributed by atoms with Crippen molar-refractivity contribution in [2.75, 3.05) is 11.9 Å². The maximum Gasteiger partial charge on any atom is 0.329 e. The van der Waals surface area contributed by atoms with Gasteiger partial charge in [0, 0.05) is 17.7 Å². The Morgan fingerprint density at radius 1 is 1.13 bits per heavy atom. The van der Waals surface area contributed by atoms with Gasteiger partial charge in [0.15, 0.2) is 6.61 Å². The summed E-state index contributed by atoms with van der Waals surface area (Å²) in [7, 11) is 0. The molecule has 0 aliphatic rings. The molecule has 0 aliphatic carbocycles. The summed E-state index contributed by atoms with van der Waals surface area (Å²) in [5, 5.41) is 15.7. The molecule has 0 radical (unpaired) electrons. The van der Waals surface area contributed by atoms with Gasteiger partial charge in [-0.2, -0.15) is 0 Å². The Morgan fingerprint density at radius 3 is 2.37 bits per heavy atom. The molecule has 0 aliphatic heterocycles. The summed E-state index contributed by atoms with van der Waals surface area (Å²) in [5.74, 6) is -2.17. The van der Waals surface area contributed by atoms with Gasteiger partial charge in [-0.15, -0.1) is 0 Å². The summed E-state index contributed by atoms with van der Waals surface area (Å²) in [4.78, 5) is 46.8. The number of nitro groups is 1. The zero-order valence-corrected chi connectivity index (χ0v) is 17.0. The van der Waals surface area contributed by atoms with Gasteiger partial charge in [-0.1, -0.05) is 43.6 Å². The summed E-state index contributed by atoms with van der Waals surface area (Å²) < 4.78 is 5.02. The van der Waals surface area contributed by atoms with E-state index in [-0.39, 0.29) is 22.3 Å². The lowest BCUT2D eigenvalue weighted by Gasteiger charge is -2.20. The Balaban J connectivity index is 1.94. The molecule has 0 saturated heterocycles. The third-order valence-electron chi connectivity index (χ3n) is 4.03. The second-order valence-electron chi connectivity index (χ2n) is 6.64. The highest BCUT2D eigenvalue weighted by Crippen LogP contribution is 2.26. The van der Waals surface area contributed by atoms with Crippen LogP contribution in [0.5, 0.6) is 0 Å². The molecule has 0 unspecified atom stereocenters. The van der Waals surface area contributed by atoms with Crippen molar-refractivity contribution in [1.82, 2.24) is 5.32 Å². The van der Waals surface area contributed by atoms with Crippen molar-refractivity contribution in [2.24, 2.45) is 5.92 Å². The molecule has 0 aromatic heterocycles. The van der Waals surface area contributed by atoms with Crippen LogP contribution < -0.4 is 10.6 Å². The zero-order valence-electron chi connectivity index (χ0n) is 16.3. The van der Waals surface area contributed by atoms with Gasteiger partial charge >= 0.3 is 5.97 Å². The number of hydrogen-bond donors (Lipinski definition) is 2. The fraction of sp³-hybridized carbons (Fsp3) is 0.250. The SMILES string of the molecule is CC(C)[C@H](NC(=O)c1ccccc1)C(=O)OCC(=O)Nc1ccc([N+](=O)[O-])cc1Cl. The molecule has 10 heteroatoms. The van der Waals surface area contributed by atoms with E-state index in [9.17, 15) is 24.5 Å². The Labute approximate surface area is 177 Å². The monoisotopic (exact) mass is 433 g/mol. The van der Waals surface area contributed by atoms with Crippen LogP contribution in [-0.2, 0) is 14.3 Å². The predicted octanol–water partition coefficient (Wildman–Crippen LogP) is 3.18. The minimum atomic E-state index is -0.950. The number of anilines is 1. The van der Waals surface area contributed by atoms with Crippen molar-refractivity contribution in [3.05, 3.63) is 69.2 Å². The number of halogens is 1. The third kappa shape index (κ3) is 6.28. The van der Waals surface area contributed by atoms with Gasteiger partial charge in [-0.25, -0.2) is 4.79 Å². The summed E-state index contributed by atoms with van der Waals surface area (Å²) in [5.41, 5.74) is 0.306. The molecule has 2 rings (SSSR count). The van der Waals surface area contributed by atoms with E-state index < -0.39 is 35.4 Å². The van der Waals surface area contributed by atoms with Gasteiger partial charge in [0.2, 0.25) is 0 Å². The molecule has 0 fully saturated rings. The molecule has 0 spiro atoms. The minimum Gasteiger partial charge on any atom is -0.454 e. The van der Waals surface area contributed by atoms with Crippen LogP contribution in [-0.4, -0.2) is 35.4 Å². The number of esters is 1. The molecule has 2 aromatic rings. The van der Waals surface area contributed by atoms with Crippen LogP contribution in [0.25, 0.3) is 0 Å². The van der Waals surface area contributed by atoms with Crippen molar-refractivity contribution in [3.8, 4) is 0 Å². The van der Waals surface area contributed by atoms with Crippen LogP contribution in [0.15, 0.2) is 48.5 Å². The summed E-state index contributed by atoms with van der Waals surface area (Å²) in [6.07, 6.45) is 0. The van der Waals surface area contributed by atoms with E-state index in [4.69, 9.17) is 16.3 Å². The molecule has 158 valence electrons. The van der Waals surface area contributed by atoms with E-state index in [1.165, 1.54) is 12.1 Å². The van der Waals surface area contributed by atoms with Crippen LogP contribution in [0.3, 0.4) is 0 Å². The minimum absolute atomic E-state index is 0.0287. The average molecular weight is 434 g/mol. The van der Waals surface area contributed by atoms with Gasteiger partial charge in [-0.3, -0.25) is 19.7 Å². The maximum absolute atomic E-state index is 12.4. The largest absolute Gasteiger partial charge is 0.454 e. The molecule has 2 amide bonds. The first-order valence-electron chi connectivity index (χ1n) is 8.95. The Bertz CT molecular complexity index is 949. The molecular formula is C20H20ClN3O6. The van der Waals surface area contributed by atoms with Crippen molar-refractivity contribution >= 4 is 40.8 Å². The van der Waals surface area contributed by atoms with E-state index in [0.717, 1.165) is 6.07 Å². The van der Waals surface area contributed by atoms with E-state index in [1.54, 1.807) is 44.2 Å². The van der Waals surface area contributed by atoms with Gasteiger partial charge in [-0.05, 0) is 24.1 Å². The van der Waals surface area contributed by atoms with Crippen LogP contribution in [0.4, 0.5) is 11.4 Å². The normalized spacial score (nSPS) is 11.5. The lowest BCUT2D eigenvalue weighted by Crippen LogP contribution is -2.45. The van der Waals surface area contributed by atoms with Gasteiger partial charge < -0.3 is 15.4 Å². The Morgan fingerprint density at radius 2 is 1.80 bits per heavy atom. The van der Waals surface area contributed by atoms with E-state index in [2.05, 4.69) is 10.6 Å². The smallest absolute Gasteiger partial charge is 0.329 e. The number of nitrogens with zero attached hydrogens (tertiary/aromatic N) is 1. The number of nitro benzene ring substituents is 1. The predicted molar refractivity (Wildman–Crippen MR) is 110 cm³/mol. The first-order valence-corrected chi connectivity index (χ1v) is 9.33. The fourth-order valence-electron chi connectivity index (χ4n) is 2.44. The highest BCUT2D eigenvalue weighted by Gasteiger charge is 2.27. The van der Waals surface area contributed by atoms with Crippen LogP contribution in [0.1, 0.15) is 24.2 Å². The van der Waals surface area contributed by atoms with E-state index in [1.807, 2.05) is 0 Å². The highest BCUT2D eigenvalue weighted by atomic mass is 35.5. The molecule has 0 bridgehead atoms. The topological polar surface area (TPSA) is 128 Å². The quantitative estimate of drug-likeness (QED) is 0.374. The molecule has 9 nitrogen and oxygen atoms in total. The second kappa shape index (κ2) is 10.4. The number of hydrogen-bond acceptors (Lipinski definition) is 6. The first-order chi connectivity index (χ1) is 14.2. The summed E-state index contributed by atoms with van der Waals surface area (Å²) in [6, 6.07) is 11.0. The second-order valence-corrected chi connectivity index (χ2v) is 7.05. The average Bonchev–Trinajstić information content (AvgIpc) is 2.71. The fourth-order valence-corrected chi connectivity index (χ4v) is 2.67. The molecule has 30 heavy (non-hydrogen) atoms. The third-order valence-corrected chi connectivity index (χ3v) is 4.34. The Hall–Kier alpha value is -3.46. The lowest BCUT2D eigenvalue weighted by molar-refractivity contribution is -0.384. The van der Waals surface area contributed by atoms with Crippen LogP contribution in [0, 0.1) is 16.0 Å². The standard InChI is InChI=1S/C20H20ClN3O6/c1-12(2)18(23-19(26)13-6-4-3-5-7-13)20(27)30-11-17(25)22-16-9-8-14(24(28)29)10-15(16)21/h3-10,12,18H,11H2,1-2H3,(H,22,25)(H,23,26)/t18-/m0/s1. The lowest BCUT2D eigenvalue weighted by atomic mass is 10.0. The van der Waals surface area contributed by atoms with E-state index >= 15 is 0 Å². The molecule has 0 heterocycles.